The molecule has 134 valence electrons. The normalized spacial score (nSPS) is 11.4. The summed E-state index contributed by atoms with van der Waals surface area (Å²) < 4.78 is 25.4. The highest BCUT2D eigenvalue weighted by molar-refractivity contribution is 7.92. The SMILES string of the molecule is Cc1ccccc1N(CC(=O)Nc1ccc(C(C)C)cc1)S(C)(=O)=O. The van der Waals surface area contributed by atoms with E-state index < -0.39 is 10.0 Å². The van der Waals surface area contributed by atoms with Crippen molar-refractivity contribution < 1.29 is 13.2 Å². The van der Waals surface area contributed by atoms with Gasteiger partial charge in [-0.3, -0.25) is 9.10 Å². The lowest BCUT2D eigenvalue weighted by Crippen LogP contribution is -2.37. The number of anilines is 2. The van der Waals surface area contributed by atoms with Gasteiger partial charge in [0.15, 0.2) is 0 Å². The Hall–Kier alpha value is -2.34. The first-order valence-electron chi connectivity index (χ1n) is 8.11. The first-order chi connectivity index (χ1) is 11.7. The number of rotatable bonds is 6. The molecule has 0 aliphatic heterocycles. The standard InChI is InChI=1S/C19H24N2O3S/c1-14(2)16-9-11-17(12-10-16)20-19(22)13-21(25(4,23)24)18-8-6-5-7-15(18)3/h5-12,14H,13H2,1-4H3,(H,20,22). The molecule has 2 aromatic carbocycles. The lowest BCUT2D eigenvalue weighted by atomic mass is 10.0. The number of carbonyl (C=O) groups is 1. The molecule has 0 bridgehead atoms. The second-order valence-corrected chi connectivity index (χ2v) is 8.29. The first-order valence-corrected chi connectivity index (χ1v) is 9.96. The molecule has 0 aliphatic rings. The second-order valence-electron chi connectivity index (χ2n) is 6.38. The average molecular weight is 360 g/mol. The summed E-state index contributed by atoms with van der Waals surface area (Å²) in [5, 5.41) is 2.75. The number of benzene rings is 2. The first kappa shape index (κ1) is 19.0. The minimum Gasteiger partial charge on any atom is -0.325 e. The van der Waals surface area contributed by atoms with Crippen LogP contribution in [0.1, 0.15) is 30.9 Å². The topological polar surface area (TPSA) is 66.5 Å². The van der Waals surface area contributed by atoms with Crippen molar-refractivity contribution in [3.8, 4) is 0 Å². The fourth-order valence-electron chi connectivity index (χ4n) is 2.51. The Kier molecular flexibility index (Phi) is 5.85. The van der Waals surface area contributed by atoms with Gasteiger partial charge >= 0.3 is 0 Å². The molecule has 0 heterocycles. The molecule has 0 atom stereocenters. The van der Waals surface area contributed by atoms with Gasteiger partial charge in [0, 0.05) is 5.69 Å². The van der Waals surface area contributed by atoms with Crippen LogP contribution in [-0.2, 0) is 14.8 Å². The van der Waals surface area contributed by atoms with E-state index in [-0.39, 0.29) is 12.5 Å². The van der Waals surface area contributed by atoms with Gasteiger partial charge in [-0.25, -0.2) is 8.42 Å². The van der Waals surface area contributed by atoms with Crippen LogP contribution in [0, 0.1) is 6.92 Å². The lowest BCUT2D eigenvalue weighted by Gasteiger charge is -2.23. The van der Waals surface area contributed by atoms with E-state index in [0.29, 0.717) is 17.3 Å². The molecule has 2 rings (SSSR count). The van der Waals surface area contributed by atoms with E-state index in [1.807, 2.05) is 43.3 Å². The summed E-state index contributed by atoms with van der Waals surface area (Å²) in [5.74, 6) is 0.0255. The summed E-state index contributed by atoms with van der Waals surface area (Å²) in [5.41, 5.74) is 3.13. The molecule has 0 radical (unpaired) electrons. The van der Waals surface area contributed by atoms with Crippen molar-refractivity contribution in [2.24, 2.45) is 0 Å². The molecule has 6 heteroatoms. The highest BCUT2D eigenvalue weighted by Gasteiger charge is 2.22. The number of carbonyl (C=O) groups excluding carboxylic acids is 1. The molecule has 2 aromatic rings. The van der Waals surface area contributed by atoms with E-state index in [4.69, 9.17) is 0 Å². The van der Waals surface area contributed by atoms with Gasteiger partial charge < -0.3 is 5.32 Å². The van der Waals surface area contributed by atoms with Crippen LogP contribution < -0.4 is 9.62 Å². The molecule has 0 aliphatic carbocycles. The number of hydrogen-bond acceptors (Lipinski definition) is 3. The maximum absolute atomic E-state index is 12.4. The molecular weight excluding hydrogens is 336 g/mol. The van der Waals surface area contributed by atoms with Gasteiger partial charge in [0.1, 0.15) is 6.54 Å². The van der Waals surface area contributed by atoms with Crippen LogP contribution in [0.2, 0.25) is 0 Å². The summed E-state index contributed by atoms with van der Waals surface area (Å²) in [6, 6.07) is 14.7. The Morgan fingerprint density at radius 3 is 2.20 bits per heavy atom. The van der Waals surface area contributed by atoms with E-state index in [1.165, 1.54) is 5.56 Å². The number of sulfonamides is 1. The zero-order chi connectivity index (χ0) is 18.6. The number of nitrogens with zero attached hydrogens (tertiary/aromatic N) is 1. The van der Waals surface area contributed by atoms with Crippen LogP contribution in [0.25, 0.3) is 0 Å². The van der Waals surface area contributed by atoms with Crippen LogP contribution in [0.5, 0.6) is 0 Å². The van der Waals surface area contributed by atoms with Crippen molar-refractivity contribution in [1.82, 2.24) is 0 Å². The zero-order valence-electron chi connectivity index (χ0n) is 15.0. The van der Waals surface area contributed by atoms with Crippen LogP contribution >= 0.6 is 0 Å². The van der Waals surface area contributed by atoms with E-state index in [1.54, 1.807) is 12.1 Å². The molecule has 1 amide bonds. The minimum atomic E-state index is -3.57. The Morgan fingerprint density at radius 1 is 1.08 bits per heavy atom. The summed E-state index contributed by atoms with van der Waals surface area (Å²) in [4.78, 5) is 12.4. The Morgan fingerprint density at radius 2 is 1.68 bits per heavy atom. The van der Waals surface area contributed by atoms with Gasteiger partial charge in [-0.15, -0.1) is 0 Å². The largest absolute Gasteiger partial charge is 0.325 e. The molecule has 0 saturated heterocycles. The van der Waals surface area contributed by atoms with Crippen LogP contribution in [-0.4, -0.2) is 27.1 Å². The monoisotopic (exact) mass is 360 g/mol. The van der Waals surface area contributed by atoms with Crippen molar-refractivity contribution in [2.75, 3.05) is 22.4 Å². The minimum absolute atomic E-state index is 0.268. The van der Waals surface area contributed by atoms with Gasteiger partial charge in [0.25, 0.3) is 0 Å². The third kappa shape index (κ3) is 5.06. The number of aryl methyl sites for hydroxylation is 1. The van der Waals surface area contributed by atoms with Gasteiger partial charge in [-0.05, 0) is 42.2 Å². The van der Waals surface area contributed by atoms with E-state index in [2.05, 4.69) is 19.2 Å². The Bertz CT molecular complexity index is 843. The predicted octanol–water partition coefficient (Wildman–Crippen LogP) is 3.52. The maximum Gasteiger partial charge on any atom is 0.245 e. The summed E-state index contributed by atoms with van der Waals surface area (Å²) >= 11 is 0. The number of hydrogen-bond donors (Lipinski definition) is 1. The molecule has 0 aromatic heterocycles. The fraction of sp³-hybridized carbons (Fsp3) is 0.316. The molecular formula is C19H24N2O3S. The van der Waals surface area contributed by atoms with Gasteiger partial charge in [-0.2, -0.15) is 0 Å². The molecule has 0 spiro atoms. The number of amides is 1. The molecule has 0 saturated carbocycles. The number of para-hydroxylation sites is 1. The van der Waals surface area contributed by atoms with Crippen molar-refractivity contribution in [3.63, 3.8) is 0 Å². The third-order valence-electron chi connectivity index (χ3n) is 3.93. The van der Waals surface area contributed by atoms with Crippen LogP contribution in [0.15, 0.2) is 48.5 Å². The molecule has 25 heavy (non-hydrogen) atoms. The second kappa shape index (κ2) is 7.70. The Labute approximate surface area is 149 Å². The summed E-state index contributed by atoms with van der Waals surface area (Å²) in [6.07, 6.45) is 1.10. The zero-order valence-corrected chi connectivity index (χ0v) is 15.8. The van der Waals surface area contributed by atoms with Crippen molar-refractivity contribution in [2.45, 2.75) is 26.7 Å². The summed E-state index contributed by atoms with van der Waals surface area (Å²) in [6.45, 7) is 5.74. The molecule has 1 N–H and O–H groups in total. The van der Waals surface area contributed by atoms with Gasteiger partial charge in [-0.1, -0.05) is 44.2 Å². The van der Waals surface area contributed by atoms with E-state index in [9.17, 15) is 13.2 Å². The fourth-order valence-corrected chi connectivity index (χ4v) is 3.42. The van der Waals surface area contributed by atoms with E-state index >= 15 is 0 Å². The van der Waals surface area contributed by atoms with Crippen molar-refractivity contribution in [1.29, 1.82) is 0 Å². The van der Waals surface area contributed by atoms with Gasteiger partial charge in [0.2, 0.25) is 15.9 Å². The van der Waals surface area contributed by atoms with Crippen molar-refractivity contribution in [3.05, 3.63) is 59.7 Å². The highest BCUT2D eigenvalue weighted by Crippen LogP contribution is 2.22. The smallest absolute Gasteiger partial charge is 0.245 e. The highest BCUT2D eigenvalue weighted by atomic mass is 32.2. The third-order valence-corrected chi connectivity index (χ3v) is 5.06. The quantitative estimate of drug-likeness (QED) is 0.857. The van der Waals surface area contributed by atoms with Crippen molar-refractivity contribution >= 4 is 27.3 Å². The van der Waals surface area contributed by atoms with E-state index in [0.717, 1.165) is 16.1 Å². The predicted molar refractivity (Wildman–Crippen MR) is 103 cm³/mol. The lowest BCUT2D eigenvalue weighted by molar-refractivity contribution is -0.114. The Balaban J connectivity index is 2.16. The van der Waals surface area contributed by atoms with Crippen LogP contribution in [0.3, 0.4) is 0 Å². The van der Waals surface area contributed by atoms with Gasteiger partial charge in [0.05, 0.1) is 11.9 Å². The summed E-state index contributed by atoms with van der Waals surface area (Å²) in [7, 11) is -3.57. The maximum atomic E-state index is 12.4. The molecule has 0 unspecified atom stereocenters. The molecule has 5 nitrogen and oxygen atoms in total. The van der Waals surface area contributed by atoms with Crippen LogP contribution in [0.4, 0.5) is 11.4 Å². The number of nitrogens with one attached hydrogen (secondary N) is 1. The molecule has 0 fully saturated rings. The average Bonchev–Trinajstić information content (AvgIpc) is 2.53.